The molecule has 4 nitrogen and oxygen atoms in total. The van der Waals surface area contributed by atoms with E-state index < -0.39 is 54.5 Å². The molecule has 14 heteroatoms. The van der Waals surface area contributed by atoms with Crippen molar-refractivity contribution >= 4 is 11.8 Å². The smallest absolute Gasteiger partial charge is 0.336 e. The van der Waals surface area contributed by atoms with Crippen LogP contribution >= 0.6 is 0 Å². The van der Waals surface area contributed by atoms with Crippen molar-refractivity contribution in [3.05, 3.63) is 71.8 Å². The third-order valence-electron chi connectivity index (χ3n) is 5.33. The van der Waals surface area contributed by atoms with Gasteiger partial charge in [0.05, 0.1) is 0 Å². The van der Waals surface area contributed by atoms with E-state index in [1.165, 1.54) is 60.7 Å². The molecule has 0 N–H and O–H groups in total. The Morgan fingerprint density at radius 2 is 0.811 bits per heavy atom. The Balaban J connectivity index is 2.35. The molecule has 0 atom stereocenters. The summed E-state index contributed by atoms with van der Waals surface area (Å²) in [5, 5.41) is 0. The molecule has 204 valence electrons. The van der Waals surface area contributed by atoms with Crippen molar-refractivity contribution in [1.82, 2.24) is 9.80 Å². The minimum absolute atomic E-state index is 0.0770. The van der Waals surface area contributed by atoms with Crippen LogP contribution in [0.4, 0.5) is 43.9 Å². The lowest BCUT2D eigenvalue weighted by atomic mass is 9.93. The number of hydrogen-bond donors (Lipinski definition) is 0. The van der Waals surface area contributed by atoms with Crippen molar-refractivity contribution < 1.29 is 53.5 Å². The fourth-order valence-corrected chi connectivity index (χ4v) is 3.20. The minimum Gasteiger partial charge on any atom is -0.336 e. The Hall–Kier alpha value is -3.32. The number of hydrogen-bond acceptors (Lipinski definition) is 2. The fraction of sp³-hybridized carbons (Fsp3) is 0.391. The molecular weight excluding hydrogens is 526 g/mol. The Morgan fingerprint density at radius 1 is 0.541 bits per heavy atom. The molecule has 0 fully saturated rings. The summed E-state index contributed by atoms with van der Waals surface area (Å²) in [5.41, 5.74) is 0.154. The van der Waals surface area contributed by atoms with E-state index in [2.05, 4.69) is 0 Å². The van der Waals surface area contributed by atoms with Gasteiger partial charge < -0.3 is 9.80 Å². The maximum Gasteiger partial charge on any atom is 0.392 e. The molecule has 0 heterocycles. The molecule has 37 heavy (non-hydrogen) atoms. The summed E-state index contributed by atoms with van der Waals surface area (Å²) in [6.45, 7) is -1.65. The Morgan fingerprint density at radius 3 is 1.08 bits per heavy atom. The quantitative estimate of drug-likeness (QED) is 0.371. The van der Waals surface area contributed by atoms with E-state index in [-0.39, 0.29) is 20.9 Å². The molecule has 0 aliphatic carbocycles. The molecule has 0 unspecified atom stereocenters. The van der Waals surface area contributed by atoms with Crippen LogP contribution in [-0.4, -0.2) is 65.3 Å². The topological polar surface area (TPSA) is 40.6 Å². The van der Waals surface area contributed by atoms with Crippen LogP contribution in [-0.2, 0) is 22.7 Å². The molecule has 2 aromatic rings. The first-order valence-electron chi connectivity index (χ1n) is 10.3. The van der Waals surface area contributed by atoms with Crippen LogP contribution in [0.25, 0.3) is 0 Å². The molecule has 2 amide bonds. The third-order valence-corrected chi connectivity index (χ3v) is 5.33. The lowest BCUT2D eigenvalue weighted by Gasteiger charge is -2.39. The van der Waals surface area contributed by atoms with Gasteiger partial charge in [0.1, 0.15) is 0 Å². The average Bonchev–Trinajstić information content (AvgIpc) is 2.83. The number of nitrogens with zero attached hydrogens (tertiary/aromatic N) is 2. The predicted molar refractivity (Wildman–Crippen MR) is 111 cm³/mol. The van der Waals surface area contributed by atoms with E-state index >= 15 is 0 Å². The number of carbonyl (C=O) groups excluding carboxylic acids is 2. The number of benzene rings is 2. The number of carbonyl (C=O) groups is 2. The van der Waals surface area contributed by atoms with Gasteiger partial charge in [0.15, 0.2) is 0 Å². The molecule has 0 saturated carbocycles. The summed E-state index contributed by atoms with van der Waals surface area (Å²) < 4.78 is 143. The number of rotatable bonds is 10. The second-order valence-electron chi connectivity index (χ2n) is 8.17. The molecular formula is C23H20F10N2O2. The standard InChI is InChI=1S/C23H20F10N2O2/c1-34(13-15-9-5-3-6-10-15)17(36)19(24,25)21(28,29)23(32,33)22(30,31)20(26,27)18(37)35(2)14-16-11-7-4-8-12-16/h3-12H,13-14H2,1-2H3. The van der Waals surface area contributed by atoms with E-state index in [1.54, 1.807) is 0 Å². The zero-order chi connectivity index (χ0) is 28.4. The molecule has 0 aliphatic heterocycles. The predicted octanol–water partition coefficient (Wildman–Crippen LogP) is 5.48. The fourth-order valence-electron chi connectivity index (χ4n) is 3.20. The minimum atomic E-state index is -7.56. The van der Waals surface area contributed by atoms with Gasteiger partial charge in [0.2, 0.25) is 0 Å². The SMILES string of the molecule is CN(Cc1ccccc1)C(=O)C(F)(F)C(F)(F)C(F)(F)C(F)(F)C(F)(F)C(=O)N(C)Cc1ccccc1. The highest BCUT2D eigenvalue weighted by atomic mass is 19.4. The van der Waals surface area contributed by atoms with Gasteiger partial charge in [-0.15, -0.1) is 0 Å². The van der Waals surface area contributed by atoms with Gasteiger partial charge in [-0.05, 0) is 11.1 Å². The molecule has 0 radical (unpaired) electrons. The molecule has 0 aliphatic rings. The first-order chi connectivity index (χ1) is 16.8. The zero-order valence-electron chi connectivity index (χ0n) is 19.2. The van der Waals surface area contributed by atoms with Crippen molar-refractivity contribution in [2.24, 2.45) is 0 Å². The molecule has 2 rings (SSSR count). The lowest BCUT2D eigenvalue weighted by molar-refractivity contribution is -0.389. The highest BCUT2D eigenvalue weighted by molar-refractivity contribution is 5.86. The number of halogens is 10. The van der Waals surface area contributed by atoms with Crippen LogP contribution in [0.5, 0.6) is 0 Å². The highest BCUT2D eigenvalue weighted by Gasteiger charge is 2.89. The van der Waals surface area contributed by atoms with E-state index in [4.69, 9.17) is 0 Å². The Kier molecular flexibility index (Phi) is 8.25. The Labute approximate surface area is 204 Å². The first-order valence-corrected chi connectivity index (χ1v) is 10.3. The molecule has 0 aromatic heterocycles. The third kappa shape index (κ3) is 5.23. The molecule has 0 bridgehead atoms. The van der Waals surface area contributed by atoms with Gasteiger partial charge in [-0.1, -0.05) is 60.7 Å². The van der Waals surface area contributed by atoms with Crippen LogP contribution in [0.2, 0.25) is 0 Å². The Bertz CT molecular complexity index is 1010. The van der Waals surface area contributed by atoms with Crippen molar-refractivity contribution in [2.75, 3.05) is 14.1 Å². The van der Waals surface area contributed by atoms with Crippen molar-refractivity contribution in [1.29, 1.82) is 0 Å². The lowest BCUT2D eigenvalue weighted by Crippen LogP contribution is -2.71. The first kappa shape index (κ1) is 29.9. The molecule has 2 aromatic carbocycles. The van der Waals surface area contributed by atoms with Crippen molar-refractivity contribution in [3.8, 4) is 0 Å². The second-order valence-corrected chi connectivity index (χ2v) is 8.17. The summed E-state index contributed by atoms with van der Waals surface area (Å²) in [6.07, 6.45) is 0. The summed E-state index contributed by atoms with van der Waals surface area (Å²) in [5.74, 6) is -41.4. The van der Waals surface area contributed by atoms with Gasteiger partial charge in [0, 0.05) is 27.2 Å². The highest BCUT2D eigenvalue weighted by Crippen LogP contribution is 2.57. The molecule has 0 saturated heterocycles. The second kappa shape index (κ2) is 10.2. The van der Waals surface area contributed by atoms with Crippen LogP contribution in [0, 0.1) is 0 Å². The van der Waals surface area contributed by atoms with E-state index in [0.717, 1.165) is 0 Å². The number of alkyl halides is 10. The summed E-state index contributed by atoms with van der Waals surface area (Å²) in [7, 11) is 0.985. The normalized spacial score (nSPS) is 13.3. The van der Waals surface area contributed by atoms with Crippen molar-refractivity contribution in [3.63, 3.8) is 0 Å². The van der Waals surface area contributed by atoms with Crippen LogP contribution < -0.4 is 0 Å². The summed E-state index contributed by atoms with van der Waals surface area (Å²) in [6, 6.07) is 13.4. The van der Waals surface area contributed by atoms with Gasteiger partial charge >= 0.3 is 29.6 Å². The zero-order valence-corrected chi connectivity index (χ0v) is 19.2. The van der Waals surface area contributed by atoms with Crippen LogP contribution in [0.3, 0.4) is 0 Å². The van der Waals surface area contributed by atoms with Gasteiger partial charge in [-0.2, -0.15) is 43.9 Å². The maximum atomic E-state index is 14.3. The van der Waals surface area contributed by atoms with Crippen LogP contribution in [0.1, 0.15) is 11.1 Å². The monoisotopic (exact) mass is 546 g/mol. The van der Waals surface area contributed by atoms with Gasteiger partial charge in [0.25, 0.3) is 11.8 Å². The van der Waals surface area contributed by atoms with Crippen LogP contribution in [0.15, 0.2) is 60.7 Å². The average molecular weight is 546 g/mol. The molecule has 0 spiro atoms. The largest absolute Gasteiger partial charge is 0.392 e. The van der Waals surface area contributed by atoms with E-state index in [0.29, 0.717) is 14.1 Å². The number of amides is 2. The van der Waals surface area contributed by atoms with Gasteiger partial charge in [-0.25, -0.2) is 0 Å². The maximum absolute atomic E-state index is 14.3. The summed E-state index contributed by atoms with van der Waals surface area (Å²) >= 11 is 0. The van der Waals surface area contributed by atoms with E-state index in [1.807, 2.05) is 0 Å². The van der Waals surface area contributed by atoms with E-state index in [9.17, 15) is 53.5 Å². The van der Waals surface area contributed by atoms with Gasteiger partial charge in [-0.3, -0.25) is 9.59 Å². The summed E-state index contributed by atoms with van der Waals surface area (Å²) in [4.78, 5) is 23.6. The van der Waals surface area contributed by atoms with Crippen molar-refractivity contribution in [2.45, 2.75) is 42.7 Å².